The number of halogens is 1. The Balaban J connectivity index is 1.99. The molecular weight excluding hydrogens is 274 g/mol. The molecule has 2 unspecified atom stereocenters. The molecule has 0 bridgehead atoms. The molecule has 0 spiro atoms. The lowest BCUT2D eigenvalue weighted by atomic mass is 10.2. The van der Waals surface area contributed by atoms with Crippen molar-refractivity contribution in [3.63, 3.8) is 0 Å². The number of nitrogens with zero attached hydrogens (tertiary/aromatic N) is 1. The molecule has 2 atom stereocenters. The van der Waals surface area contributed by atoms with Gasteiger partial charge in [0.2, 0.25) is 0 Å². The van der Waals surface area contributed by atoms with Crippen LogP contribution in [0.4, 0.5) is 11.4 Å². The van der Waals surface area contributed by atoms with Crippen LogP contribution in [-0.2, 0) is 0 Å². The van der Waals surface area contributed by atoms with E-state index in [1.165, 1.54) is 17.8 Å². The first-order valence-electron chi connectivity index (χ1n) is 5.89. The number of anilines is 2. The molecule has 0 amide bonds. The van der Waals surface area contributed by atoms with Gasteiger partial charge >= 0.3 is 0 Å². The number of para-hydroxylation sites is 2. The maximum atomic E-state index is 3.70. The van der Waals surface area contributed by atoms with Gasteiger partial charge in [-0.1, -0.05) is 52.3 Å². The van der Waals surface area contributed by atoms with Gasteiger partial charge in [-0.15, -0.1) is 0 Å². The number of rotatable bonds is 3. The summed E-state index contributed by atoms with van der Waals surface area (Å²) in [4.78, 5) is 3.03. The largest absolute Gasteiger partial charge is 0.337 e. The molecule has 0 saturated heterocycles. The first-order chi connectivity index (χ1) is 8.36. The molecule has 0 aromatic heterocycles. The van der Waals surface area contributed by atoms with Crippen molar-refractivity contribution >= 4 is 27.3 Å². The van der Waals surface area contributed by atoms with E-state index in [1.54, 1.807) is 0 Å². The van der Waals surface area contributed by atoms with Gasteiger partial charge in [-0.05, 0) is 30.7 Å². The highest BCUT2D eigenvalue weighted by Gasteiger charge is 2.40. The quantitative estimate of drug-likeness (QED) is 0.758. The van der Waals surface area contributed by atoms with Crippen molar-refractivity contribution in [1.82, 2.24) is 0 Å². The number of hydrogen-bond acceptors (Lipinski definition) is 1. The molecule has 1 nitrogen and oxygen atoms in total. The molecule has 0 heterocycles. The van der Waals surface area contributed by atoms with Gasteiger partial charge < -0.3 is 4.90 Å². The molecule has 86 valence electrons. The lowest BCUT2D eigenvalue weighted by Crippen LogP contribution is -2.21. The Morgan fingerprint density at radius 2 is 1.24 bits per heavy atom. The maximum absolute atomic E-state index is 3.70. The predicted molar refractivity (Wildman–Crippen MR) is 76.1 cm³/mol. The summed E-state index contributed by atoms with van der Waals surface area (Å²) in [7, 11) is 0. The van der Waals surface area contributed by atoms with Crippen molar-refractivity contribution in [2.24, 2.45) is 0 Å². The van der Waals surface area contributed by atoms with Gasteiger partial charge in [-0.25, -0.2) is 0 Å². The predicted octanol–water partition coefficient (Wildman–Crippen LogP) is 4.36. The van der Waals surface area contributed by atoms with Gasteiger partial charge in [0.25, 0.3) is 0 Å². The summed E-state index contributed by atoms with van der Waals surface area (Å²) in [6.07, 6.45) is 1.21. The summed E-state index contributed by atoms with van der Waals surface area (Å²) in [5.74, 6) is 0. The second-order valence-electron chi connectivity index (χ2n) is 4.36. The molecular formula is C15H14BrN. The average molecular weight is 288 g/mol. The van der Waals surface area contributed by atoms with E-state index < -0.39 is 0 Å². The lowest BCUT2D eigenvalue weighted by molar-refractivity contribution is 0.976. The molecule has 2 heteroatoms. The third kappa shape index (κ3) is 2.22. The van der Waals surface area contributed by atoms with Crippen LogP contribution in [-0.4, -0.2) is 10.9 Å². The molecule has 1 saturated carbocycles. The fourth-order valence-electron chi connectivity index (χ4n) is 2.13. The van der Waals surface area contributed by atoms with Crippen LogP contribution in [0, 0.1) is 0 Å². The van der Waals surface area contributed by atoms with Gasteiger partial charge in [0, 0.05) is 22.2 Å². The van der Waals surface area contributed by atoms with Crippen LogP contribution < -0.4 is 4.90 Å². The van der Waals surface area contributed by atoms with Crippen LogP contribution in [0.1, 0.15) is 6.42 Å². The third-order valence-electron chi connectivity index (χ3n) is 3.08. The summed E-state index contributed by atoms with van der Waals surface area (Å²) in [5.41, 5.74) is 2.54. The van der Waals surface area contributed by atoms with E-state index >= 15 is 0 Å². The van der Waals surface area contributed by atoms with Gasteiger partial charge in [0.15, 0.2) is 0 Å². The molecule has 3 rings (SSSR count). The average Bonchev–Trinajstić information content (AvgIpc) is 3.09. The van der Waals surface area contributed by atoms with Crippen molar-refractivity contribution in [1.29, 1.82) is 0 Å². The number of benzene rings is 2. The molecule has 0 N–H and O–H groups in total. The molecule has 2 aromatic carbocycles. The molecule has 17 heavy (non-hydrogen) atoms. The van der Waals surface area contributed by atoms with Crippen LogP contribution in [0.5, 0.6) is 0 Å². The van der Waals surface area contributed by atoms with E-state index in [2.05, 4.69) is 81.5 Å². The summed E-state index contributed by atoms with van der Waals surface area (Å²) in [5, 5.41) is 0. The minimum atomic E-state index is 0.583. The molecule has 1 aliphatic carbocycles. The fourth-order valence-corrected chi connectivity index (χ4v) is 2.75. The van der Waals surface area contributed by atoms with Crippen molar-refractivity contribution < 1.29 is 0 Å². The van der Waals surface area contributed by atoms with Crippen LogP contribution in [0.15, 0.2) is 60.7 Å². The van der Waals surface area contributed by atoms with Crippen LogP contribution in [0.2, 0.25) is 0 Å². The molecule has 1 fully saturated rings. The minimum absolute atomic E-state index is 0.583. The van der Waals surface area contributed by atoms with Gasteiger partial charge in [0.05, 0.1) is 0 Å². The smallest absolute Gasteiger partial charge is 0.0479 e. The normalized spacial score (nSPS) is 22.2. The molecule has 0 radical (unpaired) electrons. The van der Waals surface area contributed by atoms with E-state index in [0.717, 1.165) is 0 Å². The summed E-state index contributed by atoms with van der Waals surface area (Å²) >= 11 is 3.70. The lowest BCUT2D eigenvalue weighted by Gasteiger charge is -2.25. The van der Waals surface area contributed by atoms with Crippen molar-refractivity contribution in [2.45, 2.75) is 17.3 Å². The highest BCUT2D eigenvalue weighted by Crippen LogP contribution is 2.42. The molecule has 2 aromatic rings. The monoisotopic (exact) mass is 287 g/mol. The Labute approximate surface area is 110 Å². The highest BCUT2D eigenvalue weighted by atomic mass is 79.9. The zero-order valence-electron chi connectivity index (χ0n) is 9.46. The Kier molecular flexibility index (Phi) is 2.89. The molecule has 0 aliphatic heterocycles. The summed E-state index contributed by atoms with van der Waals surface area (Å²) in [6, 6.07) is 21.8. The Morgan fingerprint density at radius 1 is 0.824 bits per heavy atom. The van der Waals surface area contributed by atoms with E-state index in [1.807, 2.05) is 0 Å². The maximum Gasteiger partial charge on any atom is 0.0479 e. The Morgan fingerprint density at radius 3 is 1.59 bits per heavy atom. The van der Waals surface area contributed by atoms with Gasteiger partial charge in [-0.3, -0.25) is 0 Å². The van der Waals surface area contributed by atoms with E-state index in [0.29, 0.717) is 10.9 Å². The third-order valence-corrected chi connectivity index (χ3v) is 4.07. The van der Waals surface area contributed by atoms with E-state index in [9.17, 15) is 0 Å². The number of hydrogen-bond donors (Lipinski definition) is 0. The fraction of sp³-hybridized carbons (Fsp3) is 0.200. The van der Waals surface area contributed by atoms with Crippen LogP contribution in [0.3, 0.4) is 0 Å². The van der Waals surface area contributed by atoms with Crippen molar-refractivity contribution in [2.75, 3.05) is 4.90 Å². The van der Waals surface area contributed by atoms with Crippen LogP contribution >= 0.6 is 15.9 Å². The Bertz CT molecular complexity index is 443. The van der Waals surface area contributed by atoms with Gasteiger partial charge in [-0.2, -0.15) is 0 Å². The van der Waals surface area contributed by atoms with Crippen LogP contribution in [0.25, 0.3) is 0 Å². The topological polar surface area (TPSA) is 3.24 Å². The highest BCUT2D eigenvalue weighted by molar-refractivity contribution is 9.09. The van der Waals surface area contributed by atoms with Crippen molar-refractivity contribution in [3.05, 3.63) is 60.7 Å². The molecule has 1 aliphatic rings. The first-order valence-corrected chi connectivity index (χ1v) is 6.81. The van der Waals surface area contributed by atoms with Crippen molar-refractivity contribution in [3.8, 4) is 0 Å². The zero-order valence-corrected chi connectivity index (χ0v) is 11.0. The zero-order chi connectivity index (χ0) is 11.7. The second kappa shape index (κ2) is 4.53. The first kappa shape index (κ1) is 10.8. The SMILES string of the molecule is BrC1CC1N(c1ccccc1)c1ccccc1. The Hall–Kier alpha value is -1.28. The van der Waals surface area contributed by atoms with E-state index in [4.69, 9.17) is 0 Å². The van der Waals surface area contributed by atoms with E-state index in [-0.39, 0.29) is 0 Å². The number of alkyl halides is 1. The van der Waals surface area contributed by atoms with Gasteiger partial charge in [0.1, 0.15) is 0 Å². The summed E-state index contributed by atoms with van der Waals surface area (Å²) in [6.45, 7) is 0. The summed E-state index contributed by atoms with van der Waals surface area (Å²) < 4.78 is 0. The second-order valence-corrected chi connectivity index (χ2v) is 5.54. The minimum Gasteiger partial charge on any atom is -0.337 e. The standard InChI is InChI=1S/C15H14BrN/c16-14-11-15(14)17(12-7-3-1-4-8-12)13-9-5-2-6-10-13/h1-10,14-15H,11H2.